The van der Waals surface area contributed by atoms with E-state index in [-0.39, 0.29) is 0 Å². The van der Waals surface area contributed by atoms with Gasteiger partial charge in [-0.1, -0.05) is 6.07 Å². The molecule has 0 atom stereocenters. The Bertz CT molecular complexity index is 1000. The molecule has 0 spiro atoms. The lowest BCUT2D eigenvalue weighted by Crippen LogP contribution is -3.14. The van der Waals surface area contributed by atoms with E-state index in [4.69, 9.17) is 21.7 Å². The Morgan fingerprint density at radius 3 is 2.31 bits per heavy atom. The number of rotatable bonds is 6. The van der Waals surface area contributed by atoms with Gasteiger partial charge in [-0.3, -0.25) is 9.13 Å². The zero-order valence-electron chi connectivity index (χ0n) is 16.9. The molecule has 1 N–H and O–H groups in total. The van der Waals surface area contributed by atoms with Gasteiger partial charge in [-0.15, -0.1) is 0 Å². The monoisotopic (exact) mass is 411 g/mol. The molecule has 1 aliphatic rings. The number of nitrogens with one attached hydrogen (secondary N) is 1. The molecule has 7 heteroatoms. The highest BCUT2D eigenvalue weighted by Gasteiger charge is 2.21. The van der Waals surface area contributed by atoms with Crippen LogP contribution in [-0.4, -0.2) is 49.5 Å². The molecule has 0 unspecified atom stereocenters. The topological polar surface area (TPSA) is 36.0 Å². The number of methoxy groups -OCH3 is 2. The first-order valence-corrected chi connectivity index (χ1v) is 10.2. The van der Waals surface area contributed by atoms with Gasteiger partial charge in [0, 0.05) is 24.1 Å². The standard InChI is InChI=1S/C22H26N4O2S/c1-27-20-8-6-18(7-9-20)24-12-10-23(11-13-24)17-25-14-15-26(22(25)29)19-4-3-5-21(16-19)28-2/h3-9,14-16H,10-13,17H2,1-2H3/p+1. The molecule has 4 rings (SSSR count). The molecule has 152 valence electrons. The van der Waals surface area contributed by atoms with Crippen LogP contribution >= 0.6 is 12.2 Å². The van der Waals surface area contributed by atoms with E-state index in [1.165, 1.54) is 10.6 Å². The molecule has 1 aromatic heterocycles. The van der Waals surface area contributed by atoms with Crippen molar-refractivity contribution in [1.29, 1.82) is 0 Å². The normalized spacial score (nSPS) is 14.8. The van der Waals surface area contributed by atoms with E-state index >= 15 is 0 Å². The summed E-state index contributed by atoms with van der Waals surface area (Å²) in [6.45, 7) is 5.11. The minimum Gasteiger partial charge on any atom is -0.497 e. The smallest absolute Gasteiger partial charge is 0.188 e. The fourth-order valence-corrected chi connectivity index (χ4v) is 4.06. The van der Waals surface area contributed by atoms with Crippen molar-refractivity contribution in [2.24, 2.45) is 0 Å². The average Bonchev–Trinajstić information content (AvgIpc) is 3.14. The number of ether oxygens (including phenoxy) is 2. The summed E-state index contributed by atoms with van der Waals surface area (Å²) in [4.78, 5) is 3.97. The quantitative estimate of drug-likeness (QED) is 0.632. The minimum atomic E-state index is 0.809. The fraction of sp³-hybridized carbons (Fsp3) is 0.318. The number of anilines is 1. The van der Waals surface area contributed by atoms with E-state index in [9.17, 15) is 0 Å². The van der Waals surface area contributed by atoms with Gasteiger partial charge in [-0.2, -0.15) is 0 Å². The molecule has 29 heavy (non-hydrogen) atoms. The van der Waals surface area contributed by atoms with Crippen LogP contribution in [0.15, 0.2) is 60.9 Å². The minimum absolute atomic E-state index is 0.809. The van der Waals surface area contributed by atoms with Crippen molar-refractivity contribution in [3.8, 4) is 17.2 Å². The van der Waals surface area contributed by atoms with Gasteiger partial charge in [0.15, 0.2) is 11.4 Å². The molecule has 1 aliphatic heterocycles. The second-order valence-corrected chi connectivity index (χ2v) is 7.58. The Balaban J connectivity index is 1.39. The number of quaternary nitrogens is 1. The highest BCUT2D eigenvalue weighted by molar-refractivity contribution is 7.71. The van der Waals surface area contributed by atoms with Crippen LogP contribution < -0.4 is 19.3 Å². The highest BCUT2D eigenvalue weighted by atomic mass is 32.1. The van der Waals surface area contributed by atoms with Crippen LogP contribution in [0, 0.1) is 4.77 Å². The Morgan fingerprint density at radius 2 is 1.62 bits per heavy atom. The van der Waals surface area contributed by atoms with Crippen molar-refractivity contribution in [2.45, 2.75) is 6.67 Å². The first kappa shape index (κ1) is 19.5. The maximum atomic E-state index is 5.73. The van der Waals surface area contributed by atoms with Crippen LogP contribution in [-0.2, 0) is 6.67 Å². The van der Waals surface area contributed by atoms with Gasteiger partial charge >= 0.3 is 0 Å². The van der Waals surface area contributed by atoms with E-state index in [0.29, 0.717) is 0 Å². The summed E-state index contributed by atoms with van der Waals surface area (Å²) in [5, 5.41) is 0. The number of imidazole rings is 1. The van der Waals surface area contributed by atoms with E-state index in [0.717, 1.165) is 54.8 Å². The SMILES string of the molecule is COc1ccc(N2CC[NH+](Cn3ccn(-c4cccc(OC)c4)c3=S)CC2)cc1. The Hall–Kier alpha value is -2.77. The van der Waals surface area contributed by atoms with Crippen molar-refractivity contribution >= 4 is 17.9 Å². The second kappa shape index (κ2) is 8.71. The third kappa shape index (κ3) is 4.31. The number of hydrogen-bond acceptors (Lipinski definition) is 4. The molecule has 3 aromatic rings. The second-order valence-electron chi connectivity index (χ2n) is 7.22. The van der Waals surface area contributed by atoms with Crippen molar-refractivity contribution in [1.82, 2.24) is 9.13 Å². The third-order valence-electron chi connectivity index (χ3n) is 5.48. The van der Waals surface area contributed by atoms with E-state index in [1.807, 2.05) is 47.2 Å². The van der Waals surface area contributed by atoms with E-state index < -0.39 is 0 Å². The molecule has 1 saturated heterocycles. The Labute approximate surface area is 176 Å². The average molecular weight is 412 g/mol. The molecular weight excluding hydrogens is 384 g/mol. The van der Waals surface area contributed by atoms with Crippen molar-refractivity contribution in [3.63, 3.8) is 0 Å². The number of piperazine rings is 1. The summed E-state index contributed by atoms with van der Waals surface area (Å²) >= 11 is 5.73. The van der Waals surface area contributed by atoms with Crippen molar-refractivity contribution in [3.05, 3.63) is 65.7 Å². The largest absolute Gasteiger partial charge is 0.497 e. The predicted molar refractivity (Wildman–Crippen MR) is 117 cm³/mol. The van der Waals surface area contributed by atoms with Gasteiger partial charge in [-0.05, 0) is 48.6 Å². The van der Waals surface area contributed by atoms with Gasteiger partial charge < -0.3 is 19.3 Å². The number of hydrogen-bond donors (Lipinski definition) is 1. The molecule has 0 aliphatic carbocycles. The Kier molecular flexibility index (Phi) is 5.87. The maximum absolute atomic E-state index is 5.73. The van der Waals surface area contributed by atoms with Crippen molar-refractivity contribution in [2.75, 3.05) is 45.3 Å². The molecule has 0 saturated carbocycles. The molecule has 0 bridgehead atoms. The zero-order valence-corrected chi connectivity index (χ0v) is 17.7. The Morgan fingerprint density at radius 1 is 0.897 bits per heavy atom. The maximum Gasteiger partial charge on any atom is 0.188 e. The first-order chi connectivity index (χ1) is 14.2. The van der Waals surface area contributed by atoms with Crippen LogP contribution in [0.3, 0.4) is 0 Å². The molecule has 2 heterocycles. The molecule has 6 nitrogen and oxygen atoms in total. The van der Waals surface area contributed by atoms with Gasteiger partial charge in [0.25, 0.3) is 0 Å². The first-order valence-electron chi connectivity index (χ1n) is 9.83. The van der Waals surface area contributed by atoms with Crippen LogP contribution in [0.1, 0.15) is 0 Å². The summed E-state index contributed by atoms with van der Waals surface area (Å²) in [5.74, 6) is 1.73. The molecule has 1 fully saturated rings. The van der Waals surface area contributed by atoms with E-state index in [1.54, 1.807) is 14.2 Å². The van der Waals surface area contributed by atoms with Crippen LogP contribution in [0.25, 0.3) is 5.69 Å². The third-order valence-corrected chi connectivity index (χ3v) is 5.91. The molecule has 0 amide bonds. The van der Waals surface area contributed by atoms with Crippen molar-refractivity contribution < 1.29 is 14.4 Å². The van der Waals surface area contributed by atoms with Crippen LogP contribution in [0.4, 0.5) is 5.69 Å². The summed E-state index contributed by atoms with van der Waals surface area (Å²) < 4.78 is 15.6. The highest BCUT2D eigenvalue weighted by Crippen LogP contribution is 2.19. The molecule has 2 aromatic carbocycles. The lowest BCUT2D eigenvalue weighted by Gasteiger charge is -2.33. The van der Waals surface area contributed by atoms with Crippen LogP contribution in [0.2, 0.25) is 0 Å². The van der Waals surface area contributed by atoms with Gasteiger partial charge in [0.2, 0.25) is 0 Å². The number of aromatic nitrogens is 2. The number of benzene rings is 2. The number of nitrogens with zero attached hydrogens (tertiary/aromatic N) is 3. The van der Waals surface area contributed by atoms with E-state index in [2.05, 4.69) is 27.8 Å². The lowest BCUT2D eigenvalue weighted by atomic mass is 10.2. The summed E-state index contributed by atoms with van der Waals surface area (Å²) in [5.41, 5.74) is 2.28. The van der Waals surface area contributed by atoms with Gasteiger partial charge in [0.05, 0.1) is 46.1 Å². The summed E-state index contributed by atoms with van der Waals surface area (Å²) in [6.07, 6.45) is 4.11. The predicted octanol–water partition coefficient (Wildman–Crippen LogP) is 2.39. The van der Waals surface area contributed by atoms with Crippen LogP contribution in [0.5, 0.6) is 11.5 Å². The zero-order chi connectivity index (χ0) is 20.2. The van der Waals surface area contributed by atoms with Gasteiger partial charge in [-0.25, -0.2) is 0 Å². The summed E-state index contributed by atoms with van der Waals surface area (Å²) in [6, 6.07) is 16.3. The molecule has 0 radical (unpaired) electrons. The summed E-state index contributed by atoms with van der Waals surface area (Å²) in [7, 11) is 3.38. The molecular formula is C22H27N4O2S+. The lowest BCUT2D eigenvalue weighted by molar-refractivity contribution is -0.923. The van der Waals surface area contributed by atoms with Gasteiger partial charge in [0.1, 0.15) is 11.5 Å². The fourth-order valence-electron chi connectivity index (χ4n) is 3.76.